The van der Waals surface area contributed by atoms with Gasteiger partial charge in [0.05, 0.1) is 12.8 Å². The van der Waals surface area contributed by atoms with E-state index in [4.69, 9.17) is 4.74 Å². The van der Waals surface area contributed by atoms with Gasteiger partial charge in [0.15, 0.2) is 0 Å². The topological polar surface area (TPSA) is 76.5 Å². The molecule has 0 aliphatic carbocycles. The molecule has 0 fully saturated rings. The lowest BCUT2D eigenvalue weighted by Gasteiger charge is -2.35. The molecule has 7 heteroatoms. The van der Waals surface area contributed by atoms with E-state index >= 15 is 0 Å². The minimum atomic E-state index is -0.253. The Morgan fingerprint density at radius 2 is 2.00 bits per heavy atom. The van der Waals surface area contributed by atoms with Crippen LogP contribution in [0.25, 0.3) is 0 Å². The molecule has 7 nitrogen and oxygen atoms in total. The van der Waals surface area contributed by atoms with Crippen LogP contribution in [0.1, 0.15) is 34.3 Å². The van der Waals surface area contributed by atoms with Crippen molar-refractivity contribution in [2.45, 2.75) is 25.7 Å². The lowest BCUT2D eigenvalue weighted by atomic mass is 9.91. The highest BCUT2D eigenvalue weighted by atomic mass is 16.5. The summed E-state index contributed by atoms with van der Waals surface area (Å²) in [5.41, 5.74) is 4.46. The molecule has 0 saturated heterocycles. The summed E-state index contributed by atoms with van der Waals surface area (Å²) in [5, 5.41) is 7.06. The zero-order valence-corrected chi connectivity index (χ0v) is 14.3. The SMILES string of the molecule is COc1nn(C)cc1C(=O)Nc1cc2c3c(c1)CCC(=O)N3CCC2. The predicted molar refractivity (Wildman–Crippen MR) is 93.2 cm³/mol. The van der Waals surface area contributed by atoms with Crippen LogP contribution in [0.3, 0.4) is 0 Å². The number of hydrogen-bond donors (Lipinski definition) is 1. The van der Waals surface area contributed by atoms with E-state index in [9.17, 15) is 9.59 Å². The first-order valence-corrected chi connectivity index (χ1v) is 8.42. The van der Waals surface area contributed by atoms with E-state index in [2.05, 4.69) is 10.4 Å². The van der Waals surface area contributed by atoms with Crippen LogP contribution < -0.4 is 15.0 Å². The fraction of sp³-hybridized carbons (Fsp3) is 0.389. The molecule has 130 valence electrons. The summed E-state index contributed by atoms with van der Waals surface area (Å²) < 4.78 is 6.71. The number of ether oxygens (including phenoxy) is 1. The summed E-state index contributed by atoms with van der Waals surface area (Å²) >= 11 is 0. The van der Waals surface area contributed by atoms with Gasteiger partial charge in [-0.2, -0.15) is 0 Å². The van der Waals surface area contributed by atoms with Crippen LogP contribution in [0.15, 0.2) is 18.3 Å². The molecule has 3 heterocycles. The number of nitrogens with zero attached hydrogens (tertiary/aromatic N) is 3. The van der Waals surface area contributed by atoms with Gasteiger partial charge in [0.25, 0.3) is 5.91 Å². The number of amides is 2. The normalized spacial score (nSPS) is 15.8. The summed E-state index contributed by atoms with van der Waals surface area (Å²) in [5.74, 6) is 0.248. The van der Waals surface area contributed by atoms with E-state index in [1.807, 2.05) is 17.0 Å². The van der Waals surface area contributed by atoms with Gasteiger partial charge in [0, 0.05) is 31.9 Å². The molecule has 0 atom stereocenters. The Kier molecular flexibility index (Phi) is 3.71. The number of anilines is 2. The Hall–Kier alpha value is -2.83. The summed E-state index contributed by atoms with van der Waals surface area (Å²) in [6.07, 6.45) is 4.76. The standard InChI is InChI=1S/C18H20N4O3/c1-21-10-14(18(20-21)25-2)17(24)19-13-8-11-4-3-7-22-15(23)6-5-12(9-13)16(11)22/h8-10H,3-7H2,1-2H3,(H,19,24). The number of carbonyl (C=O) groups is 2. The summed E-state index contributed by atoms with van der Waals surface area (Å²) in [7, 11) is 3.24. The monoisotopic (exact) mass is 340 g/mol. The second-order valence-electron chi connectivity index (χ2n) is 6.47. The molecule has 0 bridgehead atoms. The molecular formula is C18H20N4O3. The van der Waals surface area contributed by atoms with Crippen LogP contribution in [0.4, 0.5) is 11.4 Å². The predicted octanol–water partition coefficient (Wildman–Crippen LogP) is 1.91. The minimum Gasteiger partial charge on any atom is -0.479 e. The number of benzene rings is 1. The second-order valence-corrected chi connectivity index (χ2v) is 6.47. The van der Waals surface area contributed by atoms with Crippen molar-refractivity contribution >= 4 is 23.2 Å². The Bertz CT molecular complexity index is 854. The van der Waals surface area contributed by atoms with Crippen molar-refractivity contribution in [1.82, 2.24) is 9.78 Å². The molecule has 1 N–H and O–H groups in total. The summed E-state index contributed by atoms with van der Waals surface area (Å²) in [6, 6.07) is 3.95. The van der Waals surface area contributed by atoms with Gasteiger partial charge in [-0.3, -0.25) is 14.3 Å². The quantitative estimate of drug-likeness (QED) is 0.926. The van der Waals surface area contributed by atoms with Gasteiger partial charge in [0.2, 0.25) is 11.8 Å². The third kappa shape index (κ3) is 2.65. The first-order chi connectivity index (χ1) is 12.1. The first-order valence-electron chi connectivity index (χ1n) is 8.42. The number of nitrogens with one attached hydrogen (secondary N) is 1. The highest BCUT2D eigenvalue weighted by Gasteiger charge is 2.30. The molecule has 1 aromatic heterocycles. The molecule has 1 aromatic carbocycles. The molecule has 0 radical (unpaired) electrons. The number of methoxy groups -OCH3 is 1. The second kappa shape index (κ2) is 5.91. The van der Waals surface area contributed by atoms with Crippen LogP contribution in [0.5, 0.6) is 5.88 Å². The number of rotatable bonds is 3. The molecule has 2 aromatic rings. The lowest BCUT2D eigenvalue weighted by molar-refractivity contribution is -0.119. The molecule has 2 aliphatic heterocycles. The fourth-order valence-corrected chi connectivity index (χ4v) is 3.70. The number of aromatic nitrogens is 2. The average molecular weight is 340 g/mol. The van der Waals surface area contributed by atoms with Crippen molar-refractivity contribution in [3.63, 3.8) is 0 Å². The highest BCUT2D eigenvalue weighted by molar-refractivity contribution is 6.06. The molecule has 0 unspecified atom stereocenters. The molecule has 4 rings (SSSR count). The Morgan fingerprint density at radius 3 is 2.76 bits per heavy atom. The zero-order chi connectivity index (χ0) is 17.6. The summed E-state index contributed by atoms with van der Waals surface area (Å²) in [4.78, 5) is 26.6. The third-order valence-electron chi connectivity index (χ3n) is 4.77. The average Bonchev–Trinajstić information content (AvgIpc) is 2.99. The molecule has 2 amide bonds. The van der Waals surface area contributed by atoms with Crippen molar-refractivity contribution in [3.05, 3.63) is 35.0 Å². The Labute approximate surface area is 145 Å². The molecule has 0 saturated carbocycles. The third-order valence-corrected chi connectivity index (χ3v) is 4.77. The van der Waals surface area contributed by atoms with Crippen LogP contribution in [-0.2, 0) is 24.7 Å². The largest absolute Gasteiger partial charge is 0.479 e. The van der Waals surface area contributed by atoms with Crippen molar-refractivity contribution in [1.29, 1.82) is 0 Å². The van der Waals surface area contributed by atoms with Gasteiger partial charge in [-0.05, 0) is 42.5 Å². The Balaban J connectivity index is 1.66. The number of aryl methyl sites for hydroxylation is 3. The van der Waals surface area contributed by atoms with Crippen molar-refractivity contribution in [2.24, 2.45) is 7.05 Å². The van der Waals surface area contributed by atoms with Gasteiger partial charge in [-0.15, -0.1) is 5.10 Å². The van der Waals surface area contributed by atoms with Crippen LogP contribution in [-0.4, -0.2) is 35.2 Å². The maximum absolute atomic E-state index is 12.6. The van der Waals surface area contributed by atoms with Crippen LogP contribution >= 0.6 is 0 Å². The molecular weight excluding hydrogens is 320 g/mol. The van der Waals surface area contributed by atoms with Crippen molar-refractivity contribution in [2.75, 3.05) is 23.9 Å². The smallest absolute Gasteiger partial charge is 0.262 e. The Morgan fingerprint density at radius 1 is 1.24 bits per heavy atom. The van der Waals surface area contributed by atoms with Gasteiger partial charge < -0.3 is 15.0 Å². The van der Waals surface area contributed by atoms with Crippen LogP contribution in [0.2, 0.25) is 0 Å². The van der Waals surface area contributed by atoms with Crippen molar-refractivity contribution in [3.8, 4) is 5.88 Å². The van der Waals surface area contributed by atoms with E-state index in [1.54, 1.807) is 17.9 Å². The highest BCUT2D eigenvalue weighted by Crippen LogP contribution is 2.38. The minimum absolute atomic E-state index is 0.199. The maximum atomic E-state index is 12.6. The van der Waals surface area contributed by atoms with E-state index in [0.29, 0.717) is 17.9 Å². The lowest BCUT2D eigenvalue weighted by Crippen LogP contribution is -2.39. The summed E-state index contributed by atoms with van der Waals surface area (Å²) in [6.45, 7) is 0.789. The first kappa shape index (κ1) is 15.7. The fourth-order valence-electron chi connectivity index (χ4n) is 3.70. The van der Waals surface area contributed by atoms with Gasteiger partial charge in [-0.25, -0.2) is 0 Å². The number of carbonyl (C=O) groups excluding carboxylic acids is 2. The van der Waals surface area contributed by atoms with E-state index in [0.717, 1.165) is 48.3 Å². The van der Waals surface area contributed by atoms with Crippen molar-refractivity contribution < 1.29 is 14.3 Å². The maximum Gasteiger partial charge on any atom is 0.262 e. The van der Waals surface area contributed by atoms with E-state index < -0.39 is 0 Å². The molecule has 0 spiro atoms. The van der Waals surface area contributed by atoms with E-state index in [1.165, 1.54) is 7.11 Å². The number of hydrogen-bond acceptors (Lipinski definition) is 4. The molecule has 25 heavy (non-hydrogen) atoms. The molecule has 2 aliphatic rings. The van der Waals surface area contributed by atoms with E-state index in [-0.39, 0.29) is 11.8 Å². The zero-order valence-electron chi connectivity index (χ0n) is 14.3. The van der Waals surface area contributed by atoms with Gasteiger partial charge in [0.1, 0.15) is 5.56 Å². The van der Waals surface area contributed by atoms with Crippen LogP contribution in [0, 0.1) is 0 Å². The van der Waals surface area contributed by atoms with Gasteiger partial charge in [-0.1, -0.05) is 0 Å². The van der Waals surface area contributed by atoms with Gasteiger partial charge >= 0.3 is 0 Å².